The molecule has 0 spiro atoms. The number of nitrogens with one attached hydrogen (secondary N) is 1. The van der Waals surface area contributed by atoms with Crippen LogP contribution in [0.15, 0.2) is 40.9 Å². The lowest BCUT2D eigenvalue weighted by molar-refractivity contribution is -0.115. The number of benzene rings is 1. The van der Waals surface area contributed by atoms with Crippen molar-refractivity contribution < 1.29 is 4.79 Å². The summed E-state index contributed by atoms with van der Waals surface area (Å²) < 4.78 is 0. The topological polar surface area (TPSA) is 67.8 Å². The minimum atomic E-state index is -0.0815. The van der Waals surface area contributed by atoms with Crippen molar-refractivity contribution >= 4 is 45.7 Å². The molecule has 0 radical (unpaired) electrons. The molecular formula is C18H17ClN4OS2. The normalized spacial score (nSPS) is 10.7. The average Bonchev–Trinajstić information content (AvgIpc) is 3.02. The number of nitrogens with zero attached hydrogens (tertiary/aromatic N) is 3. The lowest BCUT2D eigenvalue weighted by Crippen LogP contribution is -2.12. The Morgan fingerprint density at radius 3 is 2.65 bits per heavy atom. The molecule has 26 heavy (non-hydrogen) atoms. The molecule has 1 amide bonds. The maximum atomic E-state index is 12.1. The van der Waals surface area contributed by atoms with Crippen molar-refractivity contribution in [3.63, 3.8) is 0 Å². The molecule has 8 heteroatoms. The Morgan fingerprint density at radius 2 is 1.92 bits per heavy atom. The van der Waals surface area contributed by atoms with Gasteiger partial charge in [0, 0.05) is 39.5 Å². The van der Waals surface area contributed by atoms with Crippen LogP contribution < -0.4 is 5.32 Å². The van der Waals surface area contributed by atoms with Gasteiger partial charge in [-0.3, -0.25) is 4.79 Å². The molecule has 0 aliphatic rings. The van der Waals surface area contributed by atoms with E-state index in [9.17, 15) is 4.79 Å². The number of carbonyl (C=O) groups excluding carboxylic acids is 1. The molecule has 0 unspecified atom stereocenters. The van der Waals surface area contributed by atoms with E-state index in [2.05, 4.69) is 20.3 Å². The first-order valence-corrected chi connectivity index (χ1v) is 10.2. The number of rotatable bonds is 6. The number of thiazole rings is 1. The van der Waals surface area contributed by atoms with E-state index in [0.29, 0.717) is 27.5 Å². The Kier molecular flexibility index (Phi) is 6.24. The van der Waals surface area contributed by atoms with Crippen LogP contribution in [0.25, 0.3) is 11.3 Å². The fourth-order valence-electron chi connectivity index (χ4n) is 2.30. The van der Waals surface area contributed by atoms with Gasteiger partial charge in [-0.1, -0.05) is 41.6 Å². The third kappa shape index (κ3) is 5.03. The zero-order valence-corrected chi connectivity index (χ0v) is 16.7. The number of aromatic nitrogens is 3. The molecule has 5 nitrogen and oxygen atoms in total. The van der Waals surface area contributed by atoms with Crippen LogP contribution in [-0.4, -0.2) is 26.6 Å². The lowest BCUT2D eigenvalue weighted by Gasteiger charge is -2.03. The number of thioether (sulfide) groups is 1. The maximum absolute atomic E-state index is 12.1. The molecule has 2 heterocycles. The first kappa shape index (κ1) is 18.8. The Labute approximate surface area is 165 Å². The van der Waals surface area contributed by atoms with Crippen LogP contribution in [0.1, 0.15) is 17.8 Å². The summed E-state index contributed by atoms with van der Waals surface area (Å²) in [7, 11) is 0. The number of anilines is 1. The molecule has 1 aromatic carbocycles. The quantitative estimate of drug-likeness (QED) is 0.463. The molecule has 0 saturated carbocycles. The highest BCUT2D eigenvalue weighted by Gasteiger charge is 2.10. The first-order valence-electron chi connectivity index (χ1n) is 7.96. The highest BCUT2D eigenvalue weighted by molar-refractivity contribution is 7.99. The number of aryl methyl sites for hydroxylation is 2. The van der Waals surface area contributed by atoms with Gasteiger partial charge in [0.15, 0.2) is 10.3 Å². The Morgan fingerprint density at radius 1 is 1.19 bits per heavy atom. The van der Waals surface area contributed by atoms with Crippen LogP contribution in [0.3, 0.4) is 0 Å². The van der Waals surface area contributed by atoms with Gasteiger partial charge in [-0.25, -0.2) is 15.0 Å². The molecule has 3 aromatic rings. The highest BCUT2D eigenvalue weighted by Crippen LogP contribution is 2.30. The summed E-state index contributed by atoms with van der Waals surface area (Å²) >= 11 is 9.04. The molecule has 0 aliphatic heterocycles. The van der Waals surface area contributed by atoms with Gasteiger partial charge in [0.25, 0.3) is 0 Å². The third-order valence-corrected chi connectivity index (χ3v) is 5.36. The summed E-state index contributed by atoms with van der Waals surface area (Å²) in [6.07, 6.45) is 0.363. The minimum absolute atomic E-state index is 0.0815. The van der Waals surface area contributed by atoms with E-state index in [-0.39, 0.29) is 5.91 Å². The maximum Gasteiger partial charge on any atom is 0.226 e. The van der Waals surface area contributed by atoms with E-state index >= 15 is 0 Å². The molecule has 0 bridgehead atoms. The molecule has 134 valence electrons. The predicted octanol–water partition coefficient (Wildman–Crippen LogP) is 4.99. The summed E-state index contributed by atoms with van der Waals surface area (Å²) in [5.41, 5.74) is 3.47. The fraction of sp³-hybridized carbons (Fsp3) is 0.222. The summed E-state index contributed by atoms with van der Waals surface area (Å²) in [5, 5.41) is 6.62. The van der Waals surface area contributed by atoms with E-state index in [1.165, 1.54) is 23.1 Å². The van der Waals surface area contributed by atoms with Crippen LogP contribution >= 0.6 is 34.7 Å². The van der Waals surface area contributed by atoms with Gasteiger partial charge < -0.3 is 5.32 Å². The van der Waals surface area contributed by atoms with Crippen molar-refractivity contribution in [3.8, 4) is 11.3 Å². The molecule has 0 atom stereocenters. The van der Waals surface area contributed by atoms with Gasteiger partial charge in [0.2, 0.25) is 5.91 Å². The van der Waals surface area contributed by atoms with Gasteiger partial charge in [0.05, 0.1) is 5.69 Å². The first-order chi connectivity index (χ1) is 12.5. The van der Waals surface area contributed by atoms with Crippen LogP contribution in [0.2, 0.25) is 5.02 Å². The fourth-order valence-corrected chi connectivity index (χ4v) is 4.15. The molecular weight excluding hydrogens is 388 g/mol. The van der Waals surface area contributed by atoms with Gasteiger partial charge in [-0.05, 0) is 26.0 Å². The van der Waals surface area contributed by atoms with E-state index in [1.807, 2.05) is 49.6 Å². The standard InChI is InChI=1S/C18H17ClN4OS2/c1-11-9-12(2)21-17(20-11)25-8-7-16(24)23-18-22-15(10-26-18)13-5-3-4-6-14(13)19/h3-6,9-10H,7-8H2,1-2H3,(H,22,23,24). The Balaban J connectivity index is 1.53. The monoisotopic (exact) mass is 404 g/mol. The Bertz CT molecular complexity index is 909. The van der Waals surface area contributed by atoms with Crippen LogP contribution in [0, 0.1) is 13.8 Å². The second kappa shape index (κ2) is 8.62. The molecule has 3 rings (SSSR count). The molecule has 0 aliphatic carbocycles. The minimum Gasteiger partial charge on any atom is -0.302 e. The Hall–Kier alpha value is -1.96. The second-order valence-electron chi connectivity index (χ2n) is 5.60. The number of halogens is 1. The van der Waals surface area contributed by atoms with Crippen LogP contribution in [-0.2, 0) is 4.79 Å². The van der Waals surface area contributed by atoms with Crippen molar-refractivity contribution in [1.29, 1.82) is 0 Å². The van der Waals surface area contributed by atoms with E-state index in [0.717, 1.165) is 22.6 Å². The van der Waals surface area contributed by atoms with Crippen LogP contribution in [0.4, 0.5) is 5.13 Å². The molecule has 1 N–H and O–H groups in total. The van der Waals surface area contributed by atoms with Gasteiger partial charge in [-0.2, -0.15) is 0 Å². The molecule has 0 saturated heterocycles. The van der Waals surface area contributed by atoms with E-state index in [4.69, 9.17) is 11.6 Å². The smallest absolute Gasteiger partial charge is 0.226 e. The van der Waals surface area contributed by atoms with Crippen molar-refractivity contribution in [1.82, 2.24) is 15.0 Å². The largest absolute Gasteiger partial charge is 0.302 e. The summed E-state index contributed by atoms with van der Waals surface area (Å²) in [6, 6.07) is 9.43. The van der Waals surface area contributed by atoms with E-state index in [1.54, 1.807) is 0 Å². The van der Waals surface area contributed by atoms with Crippen molar-refractivity contribution in [2.24, 2.45) is 0 Å². The zero-order chi connectivity index (χ0) is 18.5. The predicted molar refractivity (Wildman–Crippen MR) is 108 cm³/mol. The second-order valence-corrected chi connectivity index (χ2v) is 7.93. The third-order valence-electron chi connectivity index (χ3n) is 3.42. The molecule has 0 fully saturated rings. The van der Waals surface area contributed by atoms with Gasteiger partial charge >= 0.3 is 0 Å². The molecule has 2 aromatic heterocycles. The highest BCUT2D eigenvalue weighted by atomic mass is 35.5. The SMILES string of the molecule is Cc1cc(C)nc(SCCC(=O)Nc2nc(-c3ccccc3Cl)cs2)n1. The van der Waals surface area contributed by atoms with Crippen molar-refractivity contribution in [3.05, 3.63) is 52.1 Å². The number of amides is 1. The summed E-state index contributed by atoms with van der Waals surface area (Å²) in [5.74, 6) is 0.527. The lowest BCUT2D eigenvalue weighted by atomic mass is 10.2. The summed E-state index contributed by atoms with van der Waals surface area (Å²) in [6.45, 7) is 3.87. The number of carbonyl (C=O) groups is 1. The van der Waals surface area contributed by atoms with E-state index < -0.39 is 0 Å². The van der Waals surface area contributed by atoms with Crippen molar-refractivity contribution in [2.75, 3.05) is 11.1 Å². The number of hydrogen-bond donors (Lipinski definition) is 1. The van der Waals surface area contributed by atoms with Crippen molar-refractivity contribution in [2.45, 2.75) is 25.4 Å². The van der Waals surface area contributed by atoms with Crippen LogP contribution in [0.5, 0.6) is 0 Å². The average molecular weight is 405 g/mol. The number of hydrogen-bond acceptors (Lipinski definition) is 6. The summed E-state index contributed by atoms with van der Waals surface area (Å²) in [4.78, 5) is 25.3. The zero-order valence-electron chi connectivity index (χ0n) is 14.3. The van der Waals surface area contributed by atoms with Gasteiger partial charge in [-0.15, -0.1) is 11.3 Å². The van der Waals surface area contributed by atoms with Gasteiger partial charge in [0.1, 0.15) is 0 Å².